The number of ether oxygens (including phenoxy) is 1. The minimum Gasteiger partial charge on any atom is -0.457 e. The molecule has 0 spiro atoms. The average Bonchev–Trinajstić information content (AvgIpc) is 2.40. The van der Waals surface area contributed by atoms with Gasteiger partial charge in [0.2, 0.25) is 0 Å². The lowest BCUT2D eigenvalue weighted by atomic mass is 10.1. The SMILES string of the molecule is Cc1oc(=O)oc1COC(=O)CC(C)C. The highest BCUT2D eigenvalue weighted by atomic mass is 16.6. The van der Waals surface area contributed by atoms with Gasteiger partial charge in [-0.3, -0.25) is 4.79 Å². The Hall–Kier alpha value is -1.52. The summed E-state index contributed by atoms with van der Waals surface area (Å²) >= 11 is 0. The maximum Gasteiger partial charge on any atom is 0.519 e. The fraction of sp³-hybridized carbons (Fsp3) is 0.600. The van der Waals surface area contributed by atoms with Crippen LogP contribution in [0.2, 0.25) is 0 Å². The molecule has 0 unspecified atom stereocenters. The van der Waals surface area contributed by atoms with Gasteiger partial charge in [0.25, 0.3) is 0 Å². The third-order valence-corrected chi connectivity index (χ3v) is 1.77. The van der Waals surface area contributed by atoms with Crippen LogP contribution in [-0.2, 0) is 16.1 Å². The summed E-state index contributed by atoms with van der Waals surface area (Å²) in [4.78, 5) is 21.8. The highest BCUT2D eigenvalue weighted by molar-refractivity contribution is 5.69. The van der Waals surface area contributed by atoms with Crippen molar-refractivity contribution in [2.24, 2.45) is 5.92 Å². The van der Waals surface area contributed by atoms with Crippen molar-refractivity contribution in [1.82, 2.24) is 0 Å². The quantitative estimate of drug-likeness (QED) is 0.712. The number of rotatable bonds is 4. The predicted molar refractivity (Wildman–Crippen MR) is 51.2 cm³/mol. The van der Waals surface area contributed by atoms with Gasteiger partial charge >= 0.3 is 11.8 Å². The van der Waals surface area contributed by atoms with Crippen LogP contribution in [0.3, 0.4) is 0 Å². The van der Waals surface area contributed by atoms with Gasteiger partial charge in [-0.15, -0.1) is 0 Å². The fourth-order valence-corrected chi connectivity index (χ4v) is 1.04. The maximum absolute atomic E-state index is 11.2. The highest BCUT2D eigenvalue weighted by Crippen LogP contribution is 2.08. The van der Waals surface area contributed by atoms with Crippen LogP contribution in [0.5, 0.6) is 0 Å². The Labute approximate surface area is 87.0 Å². The molecular formula is C10H14O5. The van der Waals surface area contributed by atoms with Gasteiger partial charge in [0.1, 0.15) is 0 Å². The maximum atomic E-state index is 11.2. The molecular weight excluding hydrogens is 200 g/mol. The number of hydrogen-bond donors (Lipinski definition) is 0. The second-order valence-electron chi connectivity index (χ2n) is 3.69. The Morgan fingerprint density at radius 1 is 1.40 bits per heavy atom. The topological polar surface area (TPSA) is 69.7 Å². The summed E-state index contributed by atoms with van der Waals surface area (Å²) < 4.78 is 14.2. The Balaban J connectivity index is 2.47. The molecule has 0 N–H and O–H groups in total. The minimum atomic E-state index is -0.776. The number of hydrogen-bond acceptors (Lipinski definition) is 5. The van der Waals surface area contributed by atoms with Gasteiger partial charge in [0.15, 0.2) is 18.1 Å². The molecule has 84 valence electrons. The first kappa shape index (κ1) is 11.6. The highest BCUT2D eigenvalue weighted by Gasteiger charge is 2.12. The summed E-state index contributed by atoms with van der Waals surface area (Å²) in [6, 6.07) is 0. The molecule has 1 heterocycles. The van der Waals surface area contributed by atoms with Crippen LogP contribution in [0.15, 0.2) is 13.6 Å². The van der Waals surface area contributed by atoms with E-state index < -0.39 is 5.82 Å². The van der Waals surface area contributed by atoms with E-state index in [-0.39, 0.29) is 24.3 Å². The first-order chi connectivity index (χ1) is 6.99. The van der Waals surface area contributed by atoms with E-state index in [0.29, 0.717) is 12.2 Å². The molecule has 0 aromatic carbocycles. The second kappa shape index (κ2) is 4.82. The largest absolute Gasteiger partial charge is 0.519 e. The van der Waals surface area contributed by atoms with Crippen LogP contribution in [0.4, 0.5) is 0 Å². The predicted octanol–water partition coefficient (Wildman–Crippen LogP) is 1.63. The molecule has 1 aromatic heterocycles. The van der Waals surface area contributed by atoms with Gasteiger partial charge in [-0.05, 0) is 12.8 Å². The number of carbonyl (C=O) groups excluding carboxylic acids is 1. The molecule has 15 heavy (non-hydrogen) atoms. The van der Waals surface area contributed by atoms with Gasteiger partial charge in [0, 0.05) is 6.42 Å². The smallest absolute Gasteiger partial charge is 0.457 e. The van der Waals surface area contributed by atoms with Gasteiger partial charge in [-0.25, -0.2) is 4.79 Å². The van der Waals surface area contributed by atoms with Gasteiger partial charge in [0.05, 0.1) is 0 Å². The molecule has 0 bridgehead atoms. The molecule has 0 aliphatic rings. The summed E-state index contributed by atoms with van der Waals surface area (Å²) in [5.41, 5.74) is 0. The first-order valence-corrected chi connectivity index (χ1v) is 4.74. The van der Waals surface area contributed by atoms with E-state index in [1.807, 2.05) is 13.8 Å². The van der Waals surface area contributed by atoms with E-state index >= 15 is 0 Å². The van der Waals surface area contributed by atoms with E-state index in [2.05, 4.69) is 8.83 Å². The molecule has 0 aliphatic carbocycles. The molecule has 5 heteroatoms. The minimum absolute atomic E-state index is 0.0525. The van der Waals surface area contributed by atoms with Crippen molar-refractivity contribution in [3.8, 4) is 0 Å². The van der Waals surface area contributed by atoms with E-state index in [4.69, 9.17) is 4.74 Å². The van der Waals surface area contributed by atoms with Gasteiger partial charge in [-0.1, -0.05) is 13.8 Å². The molecule has 1 aromatic rings. The van der Waals surface area contributed by atoms with Crippen LogP contribution >= 0.6 is 0 Å². The van der Waals surface area contributed by atoms with Crippen LogP contribution < -0.4 is 5.82 Å². The Kier molecular flexibility index (Phi) is 3.71. The summed E-state index contributed by atoms with van der Waals surface area (Å²) in [6.45, 7) is 5.37. The molecule has 0 amide bonds. The number of carbonyl (C=O) groups is 1. The average molecular weight is 214 g/mol. The molecule has 0 fully saturated rings. The van der Waals surface area contributed by atoms with Crippen molar-refractivity contribution in [3.63, 3.8) is 0 Å². The van der Waals surface area contributed by atoms with Gasteiger partial charge < -0.3 is 13.6 Å². The van der Waals surface area contributed by atoms with Crippen LogP contribution in [0.1, 0.15) is 31.8 Å². The summed E-state index contributed by atoms with van der Waals surface area (Å²) in [5, 5.41) is 0. The van der Waals surface area contributed by atoms with Crippen molar-refractivity contribution in [3.05, 3.63) is 22.1 Å². The summed E-state index contributed by atoms with van der Waals surface area (Å²) in [5.74, 6) is -0.236. The van der Waals surface area contributed by atoms with E-state index in [1.165, 1.54) is 0 Å². The third kappa shape index (κ3) is 3.61. The molecule has 0 atom stereocenters. The van der Waals surface area contributed by atoms with Crippen LogP contribution in [-0.4, -0.2) is 5.97 Å². The number of esters is 1. The van der Waals surface area contributed by atoms with E-state index in [9.17, 15) is 9.59 Å². The van der Waals surface area contributed by atoms with Crippen molar-refractivity contribution in [2.75, 3.05) is 0 Å². The molecule has 0 radical (unpaired) electrons. The fourth-order valence-electron chi connectivity index (χ4n) is 1.04. The summed E-state index contributed by atoms with van der Waals surface area (Å²) in [7, 11) is 0. The Bertz CT molecular complexity index is 385. The van der Waals surface area contributed by atoms with Gasteiger partial charge in [-0.2, -0.15) is 0 Å². The van der Waals surface area contributed by atoms with E-state index in [1.54, 1.807) is 6.92 Å². The normalized spacial score (nSPS) is 10.7. The molecule has 0 aliphatic heterocycles. The molecule has 0 saturated heterocycles. The molecule has 0 saturated carbocycles. The Morgan fingerprint density at radius 2 is 2.07 bits per heavy atom. The first-order valence-electron chi connectivity index (χ1n) is 4.74. The third-order valence-electron chi connectivity index (χ3n) is 1.77. The zero-order valence-electron chi connectivity index (χ0n) is 9.03. The van der Waals surface area contributed by atoms with Crippen LogP contribution in [0, 0.1) is 12.8 Å². The monoisotopic (exact) mass is 214 g/mol. The zero-order valence-corrected chi connectivity index (χ0v) is 9.03. The lowest BCUT2D eigenvalue weighted by Gasteiger charge is -2.04. The molecule has 1 rings (SSSR count). The Morgan fingerprint density at radius 3 is 2.53 bits per heavy atom. The lowest BCUT2D eigenvalue weighted by Crippen LogP contribution is -2.07. The summed E-state index contributed by atoms with van der Waals surface area (Å²) in [6.07, 6.45) is 0.348. The lowest BCUT2D eigenvalue weighted by molar-refractivity contribution is -0.146. The standard InChI is InChI=1S/C10H14O5/c1-6(2)4-9(11)13-5-8-7(3)14-10(12)15-8/h6H,4-5H2,1-3H3. The van der Waals surface area contributed by atoms with Crippen molar-refractivity contribution < 1.29 is 18.4 Å². The van der Waals surface area contributed by atoms with Crippen LogP contribution in [0.25, 0.3) is 0 Å². The van der Waals surface area contributed by atoms with Crippen molar-refractivity contribution >= 4 is 5.97 Å². The van der Waals surface area contributed by atoms with Crippen molar-refractivity contribution in [1.29, 1.82) is 0 Å². The second-order valence-corrected chi connectivity index (χ2v) is 3.69. The number of aryl methyl sites for hydroxylation is 1. The van der Waals surface area contributed by atoms with E-state index in [0.717, 1.165) is 0 Å². The van der Waals surface area contributed by atoms with Crippen molar-refractivity contribution in [2.45, 2.75) is 33.8 Å². The zero-order chi connectivity index (χ0) is 11.4. The molecule has 5 nitrogen and oxygen atoms in total.